The van der Waals surface area contributed by atoms with Gasteiger partial charge in [-0.25, -0.2) is 4.98 Å². The number of rotatable bonds is 5. The third-order valence-corrected chi connectivity index (χ3v) is 3.99. The Bertz CT molecular complexity index is 690. The number of nitrogens with zero attached hydrogens (tertiary/aromatic N) is 1. The van der Waals surface area contributed by atoms with Gasteiger partial charge in [-0.05, 0) is 23.3 Å². The lowest BCUT2D eigenvalue weighted by atomic mass is 10.1. The van der Waals surface area contributed by atoms with Gasteiger partial charge in [0.2, 0.25) is 0 Å². The highest BCUT2D eigenvalue weighted by molar-refractivity contribution is 7.13. The van der Waals surface area contributed by atoms with Crippen LogP contribution in [0.1, 0.15) is 5.69 Å². The Kier molecular flexibility index (Phi) is 4.17. The largest absolute Gasteiger partial charge is 0.385 e. The van der Waals surface area contributed by atoms with Gasteiger partial charge in [0.1, 0.15) is 0 Å². The number of nitrogens with one attached hydrogen (secondary N) is 1. The summed E-state index contributed by atoms with van der Waals surface area (Å²) < 4.78 is 0. The lowest BCUT2D eigenvalue weighted by Crippen LogP contribution is -2.05. The van der Waals surface area contributed by atoms with Crippen molar-refractivity contribution in [3.63, 3.8) is 0 Å². The average molecular weight is 295 g/mol. The summed E-state index contributed by atoms with van der Waals surface area (Å²) >= 11 is 1.49. The van der Waals surface area contributed by atoms with Crippen molar-refractivity contribution in [3.05, 3.63) is 65.7 Å². The molecular formula is C17H17N3S. The maximum absolute atomic E-state index is 5.62. The van der Waals surface area contributed by atoms with Gasteiger partial charge in [0.05, 0.1) is 5.69 Å². The highest BCUT2D eigenvalue weighted by Gasteiger charge is 2.00. The molecule has 3 N–H and O–H groups in total. The van der Waals surface area contributed by atoms with Gasteiger partial charge in [0, 0.05) is 24.0 Å². The zero-order valence-corrected chi connectivity index (χ0v) is 12.4. The SMILES string of the molecule is Nc1nc(CCNc2ccc(-c3ccccc3)cc2)cs1. The fourth-order valence-corrected chi connectivity index (χ4v) is 2.78. The van der Waals surface area contributed by atoms with E-state index in [-0.39, 0.29) is 0 Å². The van der Waals surface area contributed by atoms with Crippen LogP contribution in [0.2, 0.25) is 0 Å². The Morgan fingerprint density at radius 2 is 1.67 bits per heavy atom. The highest BCUT2D eigenvalue weighted by Crippen LogP contribution is 2.21. The minimum Gasteiger partial charge on any atom is -0.385 e. The van der Waals surface area contributed by atoms with Crippen molar-refractivity contribution in [1.29, 1.82) is 0 Å². The minimum absolute atomic E-state index is 0.636. The van der Waals surface area contributed by atoms with Crippen molar-refractivity contribution < 1.29 is 0 Å². The number of nitrogens with two attached hydrogens (primary N) is 1. The van der Waals surface area contributed by atoms with E-state index in [2.05, 4.69) is 58.8 Å². The van der Waals surface area contributed by atoms with E-state index in [4.69, 9.17) is 5.73 Å². The summed E-state index contributed by atoms with van der Waals surface area (Å²) in [7, 11) is 0. The van der Waals surface area contributed by atoms with Gasteiger partial charge in [0.25, 0.3) is 0 Å². The number of anilines is 2. The van der Waals surface area contributed by atoms with Crippen molar-refractivity contribution in [1.82, 2.24) is 4.98 Å². The molecule has 1 aromatic heterocycles. The van der Waals surface area contributed by atoms with Crippen molar-refractivity contribution in [2.75, 3.05) is 17.6 Å². The van der Waals surface area contributed by atoms with Crippen molar-refractivity contribution >= 4 is 22.2 Å². The van der Waals surface area contributed by atoms with Gasteiger partial charge in [0.15, 0.2) is 5.13 Å². The second kappa shape index (κ2) is 6.41. The molecule has 0 amide bonds. The van der Waals surface area contributed by atoms with Gasteiger partial charge in [-0.15, -0.1) is 11.3 Å². The van der Waals surface area contributed by atoms with Crippen LogP contribution in [0, 0.1) is 0 Å². The molecule has 106 valence electrons. The monoisotopic (exact) mass is 295 g/mol. The number of hydrogen-bond acceptors (Lipinski definition) is 4. The molecule has 0 aliphatic carbocycles. The van der Waals surface area contributed by atoms with Crippen LogP contribution in [0.3, 0.4) is 0 Å². The number of benzene rings is 2. The zero-order chi connectivity index (χ0) is 14.5. The van der Waals surface area contributed by atoms with Crippen LogP contribution < -0.4 is 11.1 Å². The normalized spacial score (nSPS) is 10.5. The zero-order valence-electron chi connectivity index (χ0n) is 11.6. The van der Waals surface area contributed by atoms with Gasteiger partial charge in [-0.1, -0.05) is 42.5 Å². The highest BCUT2D eigenvalue weighted by atomic mass is 32.1. The van der Waals surface area contributed by atoms with E-state index in [9.17, 15) is 0 Å². The molecule has 0 fully saturated rings. The molecule has 0 spiro atoms. The Balaban J connectivity index is 1.57. The van der Waals surface area contributed by atoms with E-state index in [1.165, 1.54) is 22.5 Å². The Morgan fingerprint density at radius 3 is 2.33 bits per heavy atom. The molecule has 0 unspecified atom stereocenters. The van der Waals surface area contributed by atoms with Crippen LogP contribution in [0.15, 0.2) is 60.0 Å². The van der Waals surface area contributed by atoms with E-state index >= 15 is 0 Å². The van der Waals surface area contributed by atoms with E-state index in [1.807, 2.05) is 11.4 Å². The molecule has 0 atom stereocenters. The number of nitrogen functional groups attached to an aromatic ring is 1. The molecule has 0 aliphatic heterocycles. The molecular weight excluding hydrogens is 278 g/mol. The summed E-state index contributed by atoms with van der Waals surface area (Å²) in [6.07, 6.45) is 0.883. The quantitative estimate of drug-likeness (QED) is 0.746. The predicted molar refractivity (Wildman–Crippen MR) is 90.6 cm³/mol. The summed E-state index contributed by atoms with van der Waals surface area (Å²) in [5, 5.41) is 6.05. The van der Waals surface area contributed by atoms with Crippen LogP contribution in [0.5, 0.6) is 0 Å². The summed E-state index contributed by atoms with van der Waals surface area (Å²) in [5.74, 6) is 0. The van der Waals surface area contributed by atoms with E-state index in [1.54, 1.807) is 0 Å². The first-order valence-corrected chi connectivity index (χ1v) is 7.78. The molecule has 4 heteroatoms. The number of hydrogen-bond donors (Lipinski definition) is 2. The Labute approximate surface area is 128 Å². The summed E-state index contributed by atoms with van der Waals surface area (Å²) in [5.41, 5.74) is 10.3. The summed E-state index contributed by atoms with van der Waals surface area (Å²) in [6, 6.07) is 18.9. The summed E-state index contributed by atoms with van der Waals surface area (Å²) in [4.78, 5) is 4.25. The molecule has 1 heterocycles. The van der Waals surface area contributed by atoms with Crippen LogP contribution in [-0.2, 0) is 6.42 Å². The fraction of sp³-hybridized carbons (Fsp3) is 0.118. The molecule has 3 rings (SSSR count). The lowest BCUT2D eigenvalue weighted by Gasteiger charge is -2.07. The molecule has 0 saturated heterocycles. The van der Waals surface area contributed by atoms with Gasteiger partial charge in [-0.3, -0.25) is 0 Å². The first kappa shape index (κ1) is 13.6. The Morgan fingerprint density at radius 1 is 0.952 bits per heavy atom. The van der Waals surface area contributed by atoms with Gasteiger partial charge < -0.3 is 11.1 Å². The molecule has 0 aliphatic rings. The fourth-order valence-electron chi connectivity index (χ4n) is 2.18. The molecule has 2 aromatic carbocycles. The molecule has 3 nitrogen and oxygen atoms in total. The van der Waals surface area contributed by atoms with Crippen LogP contribution in [-0.4, -0.2) is 11.5 Å². The Hall–Kier alpha value is -2.33. The van der Waals surface area contributed by atoms with Crippen molar-refractivity contribution in [2.45, 2.75) is 6.42 Å². The first-order valence-electron chi connectivity index (χ1n) is 6.90. The van der Waals surface area contributed by atoms with Crippen molar-refractivity contribution in [3.8, 4) is 11.1 Å². The molecule has 3 aromatic rings. The first-order chi connectivity index (χ1) is 10.3. The number of thiazole rings is 1. The van der Waals surface area contributed by atoms with Crippen LogP contribution in [0.4, 0.5) is 10.8 Å². The minimum atomic E-state index is 0.636. The predicted octanol–water partition coefficient (Wildman–Crippen LogP) is 4.05. The van der Waals surface area contributed by atoms with Crippen molar-refractivity contribution in [2.24, 2.45) is 0 Å². The molecule has 0 saturated carbocycles. The van der Waals surface area contributed by atoms with Crippen LogP contribution in [0.25, 0.3) is 11.1 Å². The van der Waals surface area contributed by atoms with Gasteiger partial charge in [-0.2, -0.15) is 0 Å². The standard InChI is InChI=1S/C17H17N3S/c18-17-20-16(12-21-17)10-11-19-15-8-6-14(7-9-15)13-4-2-1-3-5-13/h1-9,12,19H,10-11H2,(H2,18,20). The maximum Gasteiger partial charge on any atom is 0.180 e. The smallest absolute Gasteiger partial charge is 0.180 e. The van der Waals surface area contributed by atoms with E-state index in [0.29, 0.717) is 5.13 Å². The van der Waals surface area contributed by atoms with Gasteiger partial charge >= 0.3 is 0 Å². The molecule has 0 bridgehead atoms. The average Bonchev–Trinajstić information content (AvgIpc) is 2.94. The maximum atomic E-state index is 5.62. The molecule has 0 radical (unpaired) electrons. The lowest BCUT2D eigenvalue weighted by molar-refractivity contribution is 0.979. The second-order valence-electron chi connectivity index (χ2n) is 4.80. The second-order valence-corrected chi connectivity index (χ2v) is 5.69. The summed E-state index contributed by atoms with van der Waals surface area (Å²) in [6.45, 7) is 0.855. The third kappa shape index (κ3) is 3.61. The third-order valence-electron chi connectivity index (χ3n) is 3.27. The molecule has 21 heavy (non-hydrogen) atoms. The van der Waals surface area contributed by atoms with Crippen LogP contribution >= 0.6 is 11.3 Å². The van der Waals surface area contributed by atoms with E-state index in [0.717, 1.165) is 24.3 Å². The number of aromatic nitrogens is 1. The topological polar surface area (TPSA) is 50.9 Å². The van der Waals surface area contributed by atoms with E-state index < -0.39 is 0 Å².